The Labute approximate surface area is 162 Å². The average molecular weight is 387 g/mol. The van der Waals surface area contributed by atoms with Crippen LogP contribution in [0.2, 0.25) is 0 Å². The molecule has 2 heterocycles. The first kappa shape index (κ1) is 18.8. The number of amides is 1. The van der Waals surface area contributed by atoms with Gasteiger partial charge < -0.3 is 10.1 Å². The normalized spacial score (nSPS) is 17.2. The molecule has 1 fully saturated rings. The highest BCUT2D eigenvalue weighted by Crippen LogP contribution is 2.26. The summed E-state index contributed by atoms with van der Waals surface area (Å²) in [6, 6.07) is 9.51. The first-order valence-electron chi connectivity index (χ1n) is 9.51. The van der Waals surface area contributed by atoms with E-state index in [1.54, 1.807) is 0 Å². The number of carbonyl (C=O) groups excluding carboxylic acids is 1. The number of nitrogens with one attached hydrogen (secondary N) is 1. The summed E-state index contributed by atoms with van der Waals surface area (Å²) in [5.74, 6) is -0.727. The lowest BCUT2D eigenvalue weighted by molar-refractivity contribution is -0.117. The molecule has 1 saturated heterocycles. The Morgan fingerprint density at radius 2 is 1.82 bits per heavy atom. The quantitative estimate of drug-likeness (QED) is 0.857. The van der Waals surface area contributed by atoms with Crippen molar-refractivity contribution >= 4 is 11.6 Å². The Kier molecular flexibility index (Phi) is 5.54. The van der Waals surface area contributed by atoms with E-state index in [2.05, 4.69) is 22.3 Å². The summed E-state index contributed by atoms with van der Waals surface area (Å²) in [5.41, 5.74) is 2.56. The van der Waals surface area contributed by atoms with Crippen molar-refractivity contribution in [2.45, 2.75) is 13.0 Å². The molecule has 0 unspecified atom stereocenters. The second kappa shape index (κ2) is 8.24. The van der Waals surface area contributed by atoms with E-state index < -0.39 is 11.6 Å². The minimum Gasteiger partial charge on any atom is -0.493 e. The summed E-state index contributed by atoms with van der Waals surface area (Å²) < 4.78 is 32.1. The molecule has 0 radical (unpaired) electrons. The second-order valence-electron chi connectivity index (χ2n) is 7.27. The maximum atomic E-state index is 13.6. The summed E-state index contributed by atoms with van der Waals surface area (Å²) in [6.07, 6.45) is 0.973. The monoisotopic (exact) mass is 387 g/mol. The fourth-order valence-corrected chi connectivity index (χ4v) is 3.69. The number of halogens is 2. The largest absolute Gasteiger partial charge is 0.493 e. The van der Waals surface area contributed by atoms with Crippen molar-refractivity contribution < 1.29 is 18.3 Å². The fraction of sp³-hybridized carbons (Fsp3) is 0.381. The molecule has 7 heteroatoms. The predicted octanol–water partition coefficient (Wildman–Crippen LogP) is 2.66. The molecular weight excluding hydrogens is 364 g/mol. The zero-order valence-corrected chi connectivity index (χ0v) is 15.6. The molecule has 1 amide bonds. The van der Waals surface area contributed by atoms with Crippen molar-refractivity contribution in [2.24, 2.45) is 0 Å². The minimum absolute atomic E-state index is 0.00521. The van der Waals surface area contributed by atoms with Gasteiger partial charge >= 0.3 is 0 Å². The summed E-state index contributed by atoms with van der Waals surface area (Å²) in [6.45, 7) is 5.12. The van der Waals surface area contributed by atoms with Crippen LogP contribution in [0.1, 0.15) is 11.1 Å². The summed E-state index contributed by atoms with van der Waals surface area (Å²) in [7, 11) is 0. The molecule has 0 aromatic heterocycles. The van der Waals surface area contributed by atoms with Gasteiger partial charge in [-0.05, 0) is 29.3 Å². The molecule has 2 aliphatic rings. The van der Waals surface area contributed by atoms with Gasteiger partial charge in [0.2, 0.25) is 5.91 Å². The van der Waals surface area contributed by atoms with Crippen LogP contribution < -0.4 is 10.1 Å². The Bertz CT molecular complexity index is 867. The van der Waals surface area contributed by atoms with Crippen molar-refractivity contribution in [2.75, 3.05) is 44.6 Å². The van der Waals surface area contributed by atoms with Crippen molar-refractivity contribution in [3.8, 4) is 5.75 Å². The topological polar surface area (TPSA) is 44.8 Å². The molecule has 2 aliphatic heterocycles. The Morgan fingerprint density at radius 1 is 1.04 bits per heavy atom. The molecule has 28 heavy (non-hydrogen) atoms. The maximum Gasteiger partial charge on any atom is 0.238 e. The van der Waals surface area contributed by atoms with Gasteiger partial charge in [0.25, 0.3) is 0 Å². The minimum atomic E-state index is -0.766. The summed E-state index contributed by atoms with van der Waals surface area (Å²) in [5, 5.41) is 2.51. The summed E-state index contributed by atoms with van der Waals surface area (Å²) >= 11 is 0. The molecule has 2 aromatic rings. The number of carbonyl (C=O) groups is 1. The number of fused-ring (bicyclic) bond motifs is 1. The number of hydrogen-bond acceptors (Lipinski definition) is 4. The molecule has 2 aromatic carbocycles. The van der Waals surface area contributed by atoms with Crippen LogP contribution in [0.25, 0.3) is 0 Å². The number of ether oxygens (including phenoxy) is 1. The average Bonchev–Trinajstić information content (AvgIpc) is 3.13. The second-order valence-corrected chi connectivity index (χ2v) is 7.27. The van der Waals surface area contributed by atoms with E-state index in [4.69, 9.17) is 4.74 Å². The van der Waals surface area contributed by atoms with Crippen LogP contribution in [0.15, 0.2) is 36.4 Å². The van der Waals surface area contributed by atoms with Crippen LogP contribution in [-0.2, 0) is 17.8 Å². The van der Waals surface area contributed by atoms with Crippen molar-refractivity contribution in [3.63, 3.8) is 0 Å². The van der Waals surface area contributed by atoms with E-state index in [1.165, 1.54) is 17.2 Å². The lowest BCUT2D eigenvalue weighted by Gasteiger charge is -2.34. The van der Waals surface area contributed by atoms with Crippen LogP contribution in [-0.4, -0.2) is 55.0 Å². The van der Waals surface area contributed by atoms with Gasteiger partial charge in [0.15, 0.2) is 0 Å². The van der Waals surface area contributed by atoms with E-state index in [-0.39, 0.29) is 18.1 Å². The van der Waals surface area contributed by atoms with Gasteiger partial charge in [0.1, 0.15) is 17.4 Å². The zero-order chi connectivity index (χ0) is 19.5. The van der Waals surface area contributed by atoms with Crippen LogP contribution in [0.4, 0.5) is 14.5 Å². The van der Waals surface area contributed by atoms with Gasteiger partial charge in [-0.15, -0.1) is 0 Å². The first-order chi connectivity index (χ1) is 13.6. The number of anilines is 1. The molecule has 0 atom stereocenters. The number of hydrogen-bond donors (Lipinski definition) is 1. The van der Waals surface area contributed by atoms with Crippen molar-refractivity contribution in [1.82, 2.24) is 9.80 Å². The standard InChI is InChI=1S/C21H23F2N3O2/c22-17-2-3-19(18(23)12-17)24-21(27)14-26-8-6-25(7-9-26)13-15-1-4-20-16(11-15)5-10-28-20/h1-4,11-12H,5-10,13-14H2,(H,24,27). The molecular formula is C21H23F2N3O2. The van der Waals surface area contributed by atoms with Crippen LogP contribution >= 0.6 is 0 Å². The third-order valence-electron chi connectivity index (χ3n) is 5.20. The smallest absolute Gasteiger partial charge is 0.238 e. The molecule has 4 rings (SSSR count). The lowest BCUT2D eigenvalue weighted by atomic mass is 10.1. The maximum absolute atomic E-state index is 13.6. The number of rotatable bonds is 5. The Morgan fingerprint density at radius 3 is 2.61 bits per heavy atom. The van der Waals surface area contributed by atoms with E-state index in [1.807, 2.05) is 11.0 Å². The molecule has 0 aliphatic carbocycles. The van der Waals surface area contributed by atoms with Crippen LogP contribution in [0.3, 0.4) is 0 Å². The lowest BCUT2D eigenvalue weighted by Crippen LogP contribution is -2.48. The SMILES string of the molecule is O=C(CN1CCN(Cc2ccc3c(c2)CCO3)CC1)Nc1ccc(F)cc1F. The van der Waals surface area contributed by atoms with Crippen LogP contribution in [0.5, 0.6) is 5.75 Å². The third kappa shape index (κ3) is 4.48. The third-order valence-corrected chi connectivity index (χ3v) is 5.20. The molecule has 5 nitrogen and oxygen atoms in total. The highest BCUT2D eigenvalue weighted by Gasteiger charge is 2.20. The van der Waals surface area contributed by atoms with Gasteiger partial charge in [-0.2, -0.15) is 0 Å². The number of benzene rings is 2. The van der Waals surface area contributed by atoms with Gasteiger partial charge in [-0.3, -0.25) is 14.6 Å². The van der Waals surface area contributed by atoms with E-state index >= 15 is 0 Å². The van der Waals surface area contributed by atoms with Crippen molar-refractivity contribution in [3.05, 3.63) is 59.2 Å². The molecule has 0 bridgehead atoms. The van der Waals surface area contributed by atoms with E-state index in [0.29, 0.717) is 0 Å². The fourth-order valence-electron chi connectivity index (χ4n) is 3.69. The van der Waals surface area contributed by atoms with Gasteiger partial charge in [0.05, 0.1) is 18.8 Å². The first-order valence-corrected chi connectivity index (χ1v) is 9.51. The highest BCUT2D eigenvalue weighted by molar-refractivity contribution is 5.92. The predicted molar refractivity (Wildman–Crippen MR) is 102 cm³/mol. The highest BCUT2D eigenvalue weighted by atomic mass is 19.1. The van der Waals surface area contributed by atoms with E-state index in [0.717, 1.165) is 63.6 Å². The summed E-state index contributed by atoms with van der Waals surface area (Å²) in [4.78, 5) is 16.6. The zero-order valence-electron chi connectivity index (χ0n) is 15.6. The van der Waals surface area contributed by atoms with Crippen molar-refractivity contribution in [1.29, 1.82) is 0 Å². The van der Waals surface area contributed by atoms with Crippen LogP contribution in [0, 0.1) is 11.6 Å². The van der Waals surface area contributed by atoms with Gasteiger partial charge in [0, 0.05) is 45.2 Å². The molecule has 1 N–H and O–H groups in total. The number of nitrogens with zero attached hydrogens (tertiary/aromatic N) is 2. The molecule has 148 valence electrons. The van der Waals surface area contributed by atoms with Gasteiger partial charge in [-0.1, -0.05) is 12.1 Å². The molecule has 0 saturated carbocycles. The Hall–Kier alpha value is -2.51. The molecule has 0 spiro atoms. The number of piperazine rings is 1. The van der Waals surface area contributed by atoms with E-state index in [9.17, 15) is 13.6 Å². The Balaban J connectivity index is 1.24. The van der Waals surface area contributed by atoms with Gasteiger partial charge in [-0.25, -0.2) is 8.78 Å².